The summed E-state index contributed by atoms with van der Waals surface area (Å²) in [5.74, 6) is 1.30. The zero-order valence-corrected chi connectivity index (χ0v) is 12.9. The predicted molar refractivity (Wildman–Crippen MR) is 73.1 cm³/mol. The first kappa shape index (κ1) is 14.2. The lowest BCUT2D eigenvalue weighted by Crippen LogP contribution is -2.28. The van der Waals surface area contributed by atoms with Gasteiger partial charge in [0.05, 0.1) is 17.4 Å². The number of aryl methyl sites for hydroxylation is 2. The maximum atomic E-state index is 12.4. The lowest BCUT2D eigenvalue weighted by Gasteiger charge is -2.10. The molecule has 2 aromatic heterocycles. The summed E-state index contributed by atoms with van der Waals surface area (Å²) in [4.78, 5) is 4.42. The van der Waals surface area contributed by atoms with Crippen molar-refractivity contribution in [2.45, 2.75) is 50.5 Å². The van der Waals surface area contributed by atoms with Crippen molar-refractivity contribution in [3.63, 3.8) is 0 Å². The molecule has 1 fully saturated rings. The van der Waals surface area contributed by atoms with E-state index in [1.54, 1.807) is 20.8 Å². The number of nitrogens with one attached hydrogen (secondary N) is 2. The number of aromatic amines is 1. The Morgan fingerprint density at radius 2 is 2.10 bits per heavy atom. The number of nitrogens with zero attached hydrogens (tertiary/aromatic N) is 3. The van der Waals surface area contributed by atoms with E-state index in [1.807, 2.05) is 0 Å². The van der Waals surface area contributed by atoms with Gasteiger partial charge in [0.15, 0.2) is 5.82 Å². The molecule has 0 aliphatic heterocycles. The van der Waals surface area contributed by atoms with Gasteiger partial charge in [0.2, 0.25) is 15.9 Å². The van der Waals surface area contributed by atoms with Gasteiger partial charge >= 0.3 is 0 Å². The van der Waals surface area contributed by atoms with Crippen molar-refractivity contribution in [2.24, 2.45) is 0 Å². The van der Waals surface area contributed by atoms with Crippen LogP contribution in [0.5, 0.6) is 0 Å². The van der Waals surface area contributed by atoms with Crippen molar-refractivity contribution >= 4 is 10.0 Å². The van der Waals surface area contributed by atoms with E-state index in [2.05, 4.69) is 25.1 Å². The third kappa shape index (κ3) is 2.70. The highest BCUT2D eigenvalue weighted by Gasteiger charge is 2.31. The first-order chi connectivity index (χ1) is 9.88. The van der Waals surface area contributed by atoms with Crippen molar-refractivity contribution in [1.29, 1.82) is 0 Å². The molecule has 2 aromatic rings. The van der Waals surface area contributed by atoms with Crippen LogP contribution in [0.2, 0.25) is 0 Å². The molecule has 2 heterocycles. The van der Waals surface area contributed by atoms with Gasteiger partial charge in [0, 0.05) is 5.92 Å². The van der Waals surface area contributed by atoms with Gasteiger partial charge in [-0.15, -0.1) is 0 Å². The van der Waals surface area contributed by atoms with Gasteiger partial charge in [-0.2, -0.15) is 14.8 Å². The molecule has 21 heavy (non-hydrogen) atoms. The Morgan fingerprint density at radius 3 is 2.67 bits per heavy atom. The van der Waals surface area contributed by atoms with Gasteiger partial charge in [-0.3, -0.25) is 5.10 Å². The van der Waals surface area contributed by atoms with Crippen molar-refractivity contribution in [2.75, 3.05) is 0 Å². The fourth-order valence-corrected chi connectivity index (χ4v) is 3.78. The van der Waals surface area contributed by atoms with E-state index in [0.29, 0.717) is 23.1 Å². The van der Waals surface area contributed by atoms with Gasteiger partial charge in [-0.05, 0) is 33.6 Å². The van der Waals surface area contributed by atoms with E-state index in [9.17, 15) is 8.42 Å². The van der Waals surface area contributed by atoms with Crippen molar-refractivity contribution < 1.29 is 12.9 Å². The number of sulfonamides is 1. The van der Waals surface area contributed by atoms with Crippen LogP contribution in [0, 0.1) is 13.8 Å². The summed E-state index contributed by atoms with van der Waals surface area (Å²) in [5, 5.41) is 10.5. The molecule has 1 saturated carbocycles. The zero-order chi connectivity index (χ0) is 15.2. The van der Waals surface area contributed by atoms with Crippen LogP contribution in [0.4, 0.5) is 0 Å². The van der Waals surface area contributed by atoms with Crippen LogP contribution in [-0.2, 0) is 10.0 Å². The van der Waals surface area contributed by atoms with Crippen LogP contribution in [0.3, 0.4) is 0 Å². The summed E-state index contributed by atoms with van der Waals surface area (Å²) in [6.07, 6.45) is 2.12. The van der Waals surface area contributed by atoms with Gasteiger partial charge in [0.25, 0.3) is 0 Å². The molecule has 1 atom stereocenters. The predicted octanol–water partition coefficient (Wildman–Crippen LogP) is 1.33. The monoisotopic (exact) mass is 311 g/mol. The summed E-state index contributed by atoms with van der Waals surface area (Å²) in [5.41, 5.74) is 0.924. The van der Waals surface area contributed by atoms with Gasteiger partial charge in [0.1, 0.15) is 4.90 Å². The fraction of sp³-hybridized carbons (Fsp3) is 0.583. The van der Waals surface area contributed by atoms with Gasteiger partial charge < -0.3 is 4.52 Å². The molecule has 0 radical (unpaired) electrons. The summed E-state index contributed by atoms with van der Waals surface area (Å²) < 4.78 is 32.5. The first-order valence-electron chi connectivity index (χ1n) is 6.76. The average Bonchev–Trinajstić information content (AvgIpc) is 3.01. The van der Waals surface area contributed by atoms with E-state index < -0.39 is 16.1 Å². The lowest BCUT2D eigenvalue weighted by atomic mass is 10.3. The highest BCUT2D eigenvalue weighted by molar-refractivity contribution is 7.89. The molecular formula is C12H17N5O3S. The molecule has 8 nitrogen and oxygen atoms in total. The zero-order valence-electron chi connectivity index (χ0n) is 12.0. The quantitative estimate of drug-likeness (QED) is 0.861. The maximum Gasteiger partial charge on any atom is 0.244 e. The summed E-state index contributed by atoms with van der Waals surface area (Å²) in [6, 6.07) is -0.594. The van der Waals surface area contributed by atoms with Gasteiger partial charge in [-0.25, -0.2) is 8.42 Å². The molecular weight excluding hydrogens is 294 g/mol. The molecule has 1 aliphatic rings. The largest absolute Gasteiger partial charge is 0.338 e. The Morgan fingerprint density at radius 1 is 1.38 bits per heavy atom. The molecule has 9 heteroatoms. The van der Waals surface area contributed by atoms with E-state index in [4.69, 9.17) is 4.52 Å². The third-order valence-electron chi connectivity index (χ3n) is 3.43. The number of hydrogen-bond acceptors (Lipinski definition) is 6. The van der Waals surface area contributed by atoms with Crippen LogP contribution in [0.1, 0.15) is 54.8 Å². The van der Waals surface area contributed by atoms with Crippen LogP contribution in [0.25, 0.3) is 0 Å². The van der Waals surface area contributed by atoms with Gasteiger partial charge in [-0.1, -0.05) is 5.16 Å². The molecule has 0 saturated heterocycles. The lowest BCUT2D eigenvalue weighted by molar-refractivity contribution is 0.349. The topological polar surface area (TPSA) is 114 Å². The van der Waals surface area contributed by atoms with Crippen molar-refractivity contribution in [3.05, 3.63) is 23.1 Å². The molecule has 0 aromatic carbocycles. The van der Waals surface area contributed by atoms with E-state index >= 15 is 0 Å². The summed E-state index contributed by atoms with van der Waals surface area (Å²) >= 11 is 0. The maximum absolute atomic E-state index is 12.4. The molecule has 0 bridgehead atoms. The smallest absolute Gasteiger partial charge is 0.244 e. The molecule has 0 amide bonds. The Balaban J connectivity index is 1.81. The van der Waals surface area contributed by atoms with Crippen LogP contribution in [0.15, 0.2) is 9.42 Å². The Hall–Kier alpha value is -1.74. The highest BCUT2D eigenvalue weighted by atomic mass is 32.2. The van der Waals surface area contributed by atoms with Crippen LogP contribution >= 0.6 is 0 Å². The Labute approximate surface area is 122 Å². The van der Waals surface area contributed by atoms with Crippen LogP contribution in [-0.4, -0.2) is 28.8 Å². The second-order valence-electron chi connectivity index (χ2n) is 5.37. The second kappa shape index (κ2) is 4.92. The molecule has 1 aliphatic carbocycles. The molecule has 3 rings (SSSR count). The number of H-pyrrole nitrogens is 1. The summed E-state index contributed by atoms with van der Waals surface area (Å²) in [6.45, 7) is 4.98. The van der Waals surface area contributed by atoms with Crippen molar-refractivity contribution in [3.8, 4) is 0 Å². The van der Waals surface area contributed by atoms with Crippen molar-refractivity contribution in [1.82, 2.24) is 25.1 Å². The number of hydrogen-bond donors (Lipinski definition) is 2. The molecule has 0 spiro atoms. The minimum Gasteiger partial charge on any atom is -0.338 e. The first-order valence-corrected chi connectivity index (χ1v) is 8.24. The SMILES string of the molecule is Cc1n[nH]c(C)c1S(=O)(=O)N[C@H](C)c1nc(C2CC2)no1. The van der Waals surface area contributed by atoms with E-state index in [-0.39, 0.29) is 10.8 Å². The fourth-order valence-electron chi connectivity index (χ4n) is 2.21. The molecule has 0 unspecified atom stereocenters. The van der Waals surface area contributed by atoms with E-state index in [1.165, 1.54) is 0 Å². The average molecular weight is 311 g/mol. The minimum absolute atomic E-state index is 0.163. The molecule has 114 valence electrons. The number of aromatic nitrogens is 4. The summed E-state index contributed by atoms with van der Waals surface area (Å²) in [7, 11) is -3.69. The Bertz CT molecular complexity index is 740. The normalized spacial score (nSPS) is 17.1. The standard InChI is InChI=1S/C12H17N5O3S/c1-6-10(7(2)15-14-6)21(18,19)17-8(3)12-13-11(16-20-12)9-4-5-9/h8-9,17H,4-5H2,1-3H3,(H,14,15)/t8-/m1/s1. The third-order valence-corrected chi connectivity index (χ3v) is 5.23. The highest BCUT2D eigenvalue weighted by Crippen LogP contribution is 2.38. The minimum atomic E-state index is -3.69. The van der Waals surface area contributed by atoms with E-state index in [0.717, 1.165) is 12.8 Å². The molecule has 2 N–H and O–H groups in total. The number of rotatable bonds is 5. The second-order valence-corrected chi connectivity index (χ2v) is 7.02. The van der Waals surface area contributed by atoms with Crippen LogP contribution < -0.4 is 4.72 Å². The Kier molecular flexibility index (Phi) is 3.33.